The van der Waals surface area contributed by atoms with E-state index in [2.05, 4.69) is 10.2 Å². The minimum absolute atomic E-state index is 0.0225. The van der Waals surface area contributed by atoms with E-state index >= 15 is 0 Å². The number of aromatic nitrogens is 5. The van der Waals surface area contributed by atoms with Crippen molar-refractivity contribution in [3.05, 3.63) is 33.8 Å². The minimum atomic E-state index is -4.55. The van der Waals surface area contributed by atoms with E-state index in [1.165, 1.54) is 0 Å². The molecule has 0 saturated heterocycles. The number of hydrogen-bond acceptors (Lipinski definition) is 4. The highest BCUT2D eigenvalue weighted by molar-refractivity contribution is 5.72. The molecule has 3 rings (SSSR count). The van der Waals surface area contributed by atoms with Crippen LogP contribution < -0.4 is 5.69 Å². The number of carboxylic acids is 1. The van der Waals surface area contributed by atoms with Crippen LogP contribution >= 0.6 is 0 Å². The van der Waals surface area contributed by atoms with Gasteiger partial charge in [0.15, 0.2) is 0 Å². The fourth-order valence-electron chi connectivity index (χ4n) is 2.89. The molecular formula is C13H14F3N5O3. The van der Waals surface area contributed by atoms with Crippen LogP contribution in [0.25, 0.3) is 0 Å². The van der Waals surface area contributed by atoms with Crippen molar-refractivity contribution in [1.82, 2.24) is 24.1 Å². The van der Waals surface area contributed by atoms with Crippen LogP contribution in [0.15, 0.2) is 10.9 Å². The number of rotatable bonds is 3. The third-order valence-corrected chi connectivity index (χ3v) is 3.95. The van der Waals surface area contributed by atoms with Gasteiger partial charge in [-0.1, -0.05) is 0 Å². The second-order valence-electron chi connectivity index (χ2n) is 5.61. The van der Waals surface area contributed by atoms with Crippen LogP contribution in [-0.2, 0) is 31.0 Å². The van der Waals surface area contributed by atoms with Crippen LogP contribution in [0.5, 0.6) is 0 Å². The van der Waals surface area contributed by atoms with Gasteiger partial charge in [0.25, 0.3) is 0 Å². The maximum absolute atomic E-state index is 12.8. The number of halogens is 3. The first kappa shape index (κ1) is 16.3. The molecule has 0 radical (unpaired) electrons. The molecule has 0 spiro atoms. The van der Waals surface area contributed by atoms with E-state index in [-0.39, 0.29) is 12.2 Å². The zero-order valence-corrected chi connectivity index (χ0v) is 12.6. The molecule has 1 N–H and O–H groups in total. The Morgan fingerprint density at radius 2 is 2.12 bits per heavy atom. The lowest BCUT2D eigenvalue weighted by Crippen LogP contribution is -2.34. The van der Waals surface area contributed by atoms with Gasteiger partial charge in [-0.05, 0) is 18.9 Å². The van der Waals surface area contributed by atoms with Crippen molar-refractivity contribution in [2.75, 3.05) is 0 Å². The fourth-order valence-corrected chi connectivity index (χ4v) is 2.89. The lowest BCUT2D eigenvalue weighted by molar-refractivity contribution is -0.144. The Hall–Kier alpha value is -2.59. The first-order chi connectivity index (χ1) is 11.2. The van der Waals surface area contributed by atoms with Gasteiger partial charge >= 0.3 is 17.8 Å². The molecule has 2 aromatic rings. The molecule has 0 amide bonds. The Bertz CT molecular complexity index is 848. The smallest absolute Gasteiger partial charge is 0.433 e. The van der Waals surface area contributed by atoms with Gasteiger partial charge in [-0.3, -0.25) is 9.25 Å². The van der Waals surface area contributed by atoms with Crippen molar-refractivity contribution in [3.8, 4) is 0 Å². The van der Waals surface area contributed by atoms with Crippen LogP contribution in [0.4, 0.5) is 13.2 Å². The molecule has 0 bridgehead atoms. The van der Waals surface area contributed by atoms with Gasteiger partial charge in [-0.2, -0.15) is 23.4 Å². The number of carbonyl (C=O) groups is 1. The Kier molecular flexibility index (Phi) is 3.73. The highest BCUT2D eigenvalue weighted by atomic mass is 19.4. The SMILES string of the molecule is Cn1nc(Cn2nc3n(c2=O)C(C(=O)O)CCC3)cc1C(F)(F)F. The number of nitrogens with zero attached hydrogens (tertiary/aromatic N) is 5. The number of aryl methyl sites for hydroxylation is 2. The number of carboxylic acid groups (broad SMARTS) is 1. The Morgan fingerprint density at radius 1 is 1.42 bits per heavy atom. The summed E-state index contributed by atoms with van der Waals surface area (Å²) in [6, 6.07) is -0.149. The largest absolute Gasteiger partial charge is 0.480 e. The first-order valence-electron chi connectivity index (χ1n) is 7.19. The summed E-state index contributed by atoms with van der Waals surface area (Å²) in [7, 11) is 1.16. The third kappa shape index (κ3) is 2.69. The highest BCUT2D eigenvalue weighted by Gasteiger charge is 2.35. The molecule has 0 aliphatic carbocycles. The monoisotopic (exact) mass is 345 g/mol. The molecule has 1 aliphatic heterocycles. The van der Waals surface area contributed by atoms with E-state index in [0.29, 0.717) is 29.8 Å². The first-order valence-corrected chi connectivity index (χ1v) is 7.19. The summed E-state index contributed by atoms with van der Waals surface area (Å²) in [5, 5.41) is 17.0. The molecular weight excluding hydrogens is 331 g/mol. The maximum Gasteiger partial charge on any atom is 0.433 e. The summed E-state index contributed by atoms with van der Waals surface area (Å²) in [5.41, 5.74) is -1.57. The zero-order chi connectivity index (χ0) is 17.6. The summed E-state index contributed by atoms with van der Waals surface area (Å²) in [4.78, 5) is 23.6. The summed E-state index contributed by atoms with van der Waals surface area (Å²) in [6.45, 7) is -0.255. The average Bonchev–Trinajstić information content (AvgIpc) is 3.00. The fraction of sp³-hybridized carbons (Fsp3) is 0.538. The second kappa shape index (κ2) is 5.49. The third-order valence-electron chi connectivity index (χ3n) is 3.95. The van der Waals surface area contributed by atoms with E-state index in [0.717, 1.165) is 22.4 Å². The van der Waals surface area contributed by atoms with Crippen molar-refractivity contribution >= 4 is 5.97 Å². The number of alkyl halides is 3. The molecule has 8 nitrogen and oxygen atoms in total. The van der Waals surface area contributed by atoms with Crippen molar-refractivity contribution < 1.29 is 23.1 Å². The number of hydrogen-bond donors (Lipinski definition) is 1. The van der Waals surface area contributed by atoms with E-state index in [4.69, 9.17) is 0 Å². The molecule has 130 valence electrons. The van der Waals surface area contributed by atoms with Crippen molar-refractivity contribution in [2.24, 2.45) is 7.05 Å². The Balaban J connectivity index is 1.96. The summed E-state index contributed by atoms with van der Waals surface area (Å²) in [6.07, 6.45) is -3.21. The van der Waals surface area contributed by atoms with Crippen molar-refractivity contribution in [1.29, 1.82) is 0 Å². The quantitative estimate of drug-likeness (QED) is 0.888. The number of fused-ring (bicyclic) bond motifs is 1. The molecule has 24 heavy (non-hydrogen) atoms. The zero-order valence-electron chi connectivity index (χ0n) is 12.6. The van der Waals surface area contributed by atoms with Crippen LogP contribution in [0, 0.1) is 0 Å². The Labute approximate surface area is 133 Å². The van der Waals surface area contributed by atoms with E-state index in [9.17, 15) is 27.9 Å². The number of aliphatic carboxylic acids is 1. The standard InChI is InChI=1S/C13H14F3N5O3/c1-19-9(13(14,15)16)5-7(17-19)6-20-12(24)21-8(11(22)23)3-2-4-10(21)18-20/h5,8H,2-4,6H2,1H3,(H,22,23). The predicted octanol–water partition coefficient (Wildman–Crippen LogP) is 0.807. The minimum Gasteiger partial charge on any atom is -0.480 e. The van der Waals surface area contributed by atoms with Crippen molar-refractivity contribution in [3.63, 3.8) is 0 Å². The van der Waals surface area contributed by atoms with Gasteiger partial charge in [0.05, 0.1) is 12.2 Å². The van der Waals surface area contributed by atoms with Crippen LogP contribution in [0.2, 0.25) is 0 Å². The van der Waals surface area contributed by atoms with Crippen LogP contribution in [0.3, 0.4) is 0 Å². The molecule has 1 aliphatic rings. The van der Waals surface area contributed by atoms with Gasteiger partial charge in [-0.25, -0.2) is 14.3 Å². The molecule has 0 fully saturated rings. The van der Waals surface area contributed by atoms with Crippen LogP contribution in [0.1, 0.15) is 36.1 Å². The van der Waals surface area contributed by atoms with Gasteiger partial charge < -0.3 is 5.11 Å². The topological polar surface area (TPSA) is 94.9 Å². The molecule has 11 heteroatoms. The molecule has 1 atom stereocenters. The molecule has 0 saturated carbocycles. The molecule has 1 unspecified atom stereocenters. The van der Waals surface area contributed by atoms with Crippen molar-refractivity contribution in [2.45, 2.75) is 38.0 Å². The predicted molar refractivity (Wildman–Crippen MR) is 73.4 cm³/mol. The Morgan fingerprint density at radius 3 is 2.71 bits per heavy atom. The van der Waals surface area contributed by atoms with Crippen LogP contribution in [-0.4, -0.2) is 35.2 Å². The van der Waals surface area contributed by atoms with E-state index < -0.39 is 29.6 Å². The van der Waals surface area contributed by atoms with Gasteiger partial charge in [0.2, 0.25) is 0 Å². The molecule has 3 heterocycles. The van der Waals surface area contributed by atoms with E-state index in [1.54, 1.807) is 0 Å². The lowest BCUT2D eigenvalue weighted by Gasteiger charge is -2.19. The maximum atomic E-state index is 12.8. The second-order valence-corrected chi connectivity index (χ2v) is 5.61. The van der Waals surface area contributed by atoms with E-state index in [1.807, 2.05) is 0 Å². The average molecular weight is 345 g/mol. The highest BCUT2D eigenvalue weighted by Crippen LogP contribution is 2.29. The summed E-state index contributed by atoms with van der Waals surface area (Å²) >= 11 is 0. The van der Waals surface area contributed by atoms with Gasteiger partial charge in [0.1, 0.15) is 17.6 Å². The normalized spacial score (nSPS) is 17.8. The summed E-state index contributed by atoms with van der Waals surface area (Å²) < 4.78 is 41.1. The molecule has 0 aromatic carbocycles. The lowest BCUT2D eigenvalue weighted by atomic mass is 10.1. The summed E-state index contributed by atoms with van der Waals surface area (Å²) in [5.74, 6) is -0.805. The van der Waals surface area contributed by atoms with Gasteiger partial charge in [-0.15, -0.1) is 0 Å². The molecule has 2 aromatic heterocycles. The van der Waals surface area contributed by atoms with Gasteiger partial charge in [0, 0.05) is 13.5 Å².